The average Bonchev–Trinajstić information content (AvgIpc) is 2.97. The molecule has 0 aliphatic rings. The molecule has 0 saturated heterocycles. The third-order valence-corrected chi connectivity index (χ3v) is 8.57. The molecule has 3 aromatic carbocycles. The number of benzene rings is 3. The predicted molar refractivity (Wildman–Crippen MR) is 162 cm³/mol. The van der Waals surface area contributed by atoms with Crippen molar-refractivity contribution in [2.24, 2.45) is 5.92 Å². The van der Waals surface area contributed by atoms with Gasteiger partial charge in [-0.05, 0) is 55.5 Å². The minimum atomic E-state index is -4.14. The van der Waals surface area contributed by atoms with Crippen molar-refractivity contribution in [1.82, 2.24) is 10.2 Å². The molecule has 0 aromatic heterocycles. The zero-order chi connectivity index (χ0) is 30.0. The van der Waals surface area contributed by atoms with Gasteiger partial charge in [-0.25, -0.2) is 8.42 Å². The standard InChI is InChI=1S/C32H41N3O5S/c1-6-30(32(37)33-22-24(2)3)34(20-19-26-11-8-7-9-12-26)31(36)23-35(27-13-10-14-28(21-27)40-5)41(38,39)29-17-15-25(4)16-18-29/h7-18,21,24,30H,6,19-20,22-23H2,1-5H3,(H,33,37)/t30-/m0/s1. The van der Waals surface area contributed by atoms with Crippen LogP contribution in [0, 0.1) is 12.8 Å². The maximum absolute atomic E-state index is 14.1. The molecular formula is C32H41N3O5S. The first-order valence-corrected chi connectivity index (χ1v) is 15.3. The van der Waals surface area contributed by atoms with Crippen molar-refractivity contribution in [2.45, 2.75) is 51.5 Å². The van der Waals surface area contributed by atoms with E-state index in [1.165, 1.54) is 24.1 Å². The summed E-state index contributed by atoms with van der Waals surface area (Å²) >= 11 is 0. The number of anilines is 1. The van der Waals surface area contributed by atoms with Crippen molar-refractivity contribution in [2.75, 3.05) is 31.0 Å². The van der Waals surface area contributed by atoms with Crippen molar-refractivity contribution in [3.05, 3.63) is 90.0 Å². The number of nitrogens with one attached hydrogen (secondary N) is 1. The maximum Gasteiger partial charge on any atom is 0.264 e. The number of hydrogen-bond acceptors (Lipinski definition) is 5. The fourth-order valence-corrected chi connectivity index (χ4v) is 5.86. The Bertz CT molecular complexity index is 1390. The molecule has 41 heavy (non-hydrogen) atoms. The molecule has 2 amide bonds. The van der Waals surface area contributed by atoms with Crippen LogP contribution in [0.5, 0.6) is 5.75 Å². The molecule has 1 N–H and O–H groups in total. The summed E-state index contributed by atoms with van der Waals surface area (Å²) in [6.45, 7) is 7.99. The number of carbonyl (C=O) groups excluding carboxylic acids is 2. The molecule has 0 saturated carbocycles. The van der Waals surface area contributed by atoms with E-state index in [0.29, 0.717) is 30.8 Å². The third kappa shape index (κ3) is 8.57. The van der Waals surface area contributed by atoms with Crippen molar-refractivity contribution in [3.63, 3.8) is 0 Å². The summed E-state index contributed by atoms with van der Waals surface area (Å²) in [4.78, 5) is 28.9. The molecular weight excluding hydrogens is 538 g/mol. The molecule has 8 nitrogen and oxygen atoms in total. The second-order valence-electron chi connectivity index (χ2n) is 10.4. The van der Waals surface area contributed by atoms with Crippen LogP contribution in [-0.2, 0) is 26.0 Å². The Hall–Kier alpha value is -3.85. The first-order valence-electron chi connectivity index (χ1n) is 13.9. The van der Waals surface area contributed by atoms with Gasteiger partial charge in [-0.2, -0.15) is 0 Å². The third-order valence-electron chi connectivity index (χ3n) is 6.78. The highest BCUT2D eigenvalue weighted by molar-refractivity contribution is 7.92. The zero-order valence-electron chi connectivity index (χ0n) is 24.5. The highest BCUT2D eigenvalue weighted by Gasteiger charge is 2.33. The quantitative estimate of drug-likeness (QED) is 0.295. The van der Waals surface area contributed by atoms with Crippen molar-refractivity contribution < 1.29 is 22.7 Å². The van der Waals surface area contributed by atoms with Gasteiger partial charge in [-0.1, -0.05) is 74.9 Å². The number of amides is 2. The van der Waals surface area contributed by atoms with Crippen molar-refractivity contribution >= 4 is 27.5 Å². The van der Waals surface area contributed by atoms with Crippen LogP contribution >= 0.6 is 0 Å². The van der Waals surface area contributed by atoms with Gasteiger partial charge in [0.25, 0.3) is 10.0 Å². The van der Waals surface area contributed by atoms with E-state index in [1.54, 1.807) is 36.4 Å². The molecule has 220 valence electrons. The molecule has 3 aromatic rings. The van der Waals surface area contributed by atoms with E-state index >= 15 is 0 Å². The smallest absolute Gasteiger partial charge is 0.264 e. The first kappa shape index (κ1) is 31.7. The number of ether oxygens (including phenoxy) is 1. The minimum absolute atomic E-state index is 0.0660. The van der Waals surface area contributed by atoms with Gasteiger partial charge in [0.15, 0.2) is 0 Å². The molecule has 0 heterocycles. The van der Waals surface area contributed by atoms with Gasteiger partial charge in [0.2, 0.25) is 11.8 Å². The largest absolute Gasteiger partial charge is 0.497 e. The fourth-order valence-electron chi connectivity index (χ4n) is 4.45. The lowest BCUT2D eigenvalue weighted by atomic mass is 10.1. The molecule has 1 atom stereocenters. The normalized spacial score (nSPS) is 12.0. The summed E-state index contributed by atoms with van der Waals surface area (Å²) in [5, 5.41) is 2.95. The van der Waals surface area contributed by atoms with Crippen LogP contribution in [0.1, 0.15) is 38.3 Å². The van der Waals surface area contributed by atoms with E-state index in [-0.39, 0.29) is 23.3 Å². The van der Waals surface area contributed by atoms with Gasteiger partial charge >= 0.3 is 0 Å². The Morgan fingerprint density at radius 1 is 0.951 bits per heavy atom. The van der Waals surface area contributed by atoms with Gasteiger partial charge < -0.3 is 15.0 Å². The van der Waals surface area contributed by atoms with Crippen molar-refractivity contribution in [3.8, 4) is 5.75 Å². The van der Waals surface area contributed by atoms with Crippen LogP contribution in [0.15, 0.2) is 83.8 Å². The van der Waals surface area contributed by atoms with E-state index in [0.717, 1.165) is 15.4 Å². The zero-order valence-corrected chi connectivity index (χ0v) is 25.4. The van der Waals surface area contributed by atoms with Gasteiger partial charge in [-0.15, -0.1) is 0 Å². The van der Waals surface area contributed by atoms with Gasteiger partial charge in [0.05, 0.1) is 17.7 Å². The van der Waals surface area contributed by atoms with Crippen LogP contribution in [0.3, 0.4) is 0 Å². The number of methoxy groups -OCH3 is 1. The van der Waals surface area contributed by atoms with Crippen molar-refractivity contribution in [1.29, 1.82) is 0 Å². The summed E-state index contributed by atoms with van der Waals surface area (Å²) in [5.74, 6) is -0.0180. The van der Waals surface area contributed by atoms with Crippen LogP contribution < -0.4 is 14.4 Å². The number of rotatable bonds is 14. The van der Waals surface area contributed by atoms with Crippen LogP contribution in [0.25, 0.3) is 0 Å². The minimum Gasteiger partial charge on any atom is -0.497 e. The number of sulfonamides is 1. The van der Waals surface area contributed by atoms with Gasteiger partial charge in [-0.3, -0.25) is 13.9 Å². The molecule has 0 unspecified atom stereocenters. The van der Waals surface area contributed by atoms with Gasteiger partial charge in [0.1, 0.15) is 18.3 Å². The molecule has 0 fully saturated rings. The predicted octanol–water partition coefficient (Wildman–Crippen LogP) is 4.82. The van der Waals surface area contributed by atoms with E-state index in [2.05, 4.69) is 5.32 Å². The fraction of sp³-hybridized carbons (Fsp3) is 0.375. The Kier molecular flexibility index (Phi) is 11.3. The van der Waals surface area contributed by atoms with E-state index in [9.17, 15) is 18.0 Å². The Balaban J connectivity index is 2.01. The molecule has 0 spiro atoms. The molecule has 0 aliphatic carbocycles. The van der Waals surface area contributed by atoms with E-state index in [4.69, 9.17) is 4.74 Å². The summed E-state index contributed by atoms with van der Waals surface area (Å²) in [5.41, 5.74) is 2.22. The Morgan fingerprint density at radius 2 is 1.63 bits per heavy atom. The Labute approximate surface area is 244 Å². The van der Waals surface area contributed by atoms with Crippen LogP contribution in [-0.4, -0.2) is 57.9 Å². The lowest BCUT2D eigenvalue weighted by molar-refractivity contribution is -0.139. The van der Waals surface area contributed by atoms with Crippen LogP contribution in [0.2, 0.25) is 0 Å². The maximum atomic E-state index is 14.1. The highest BCUT2D eigenvalue weighted by Crippen LogP contribution is 2.27. The van der Waals surface area contributed by atoms with E-state index in [1.807, 2.05) is 58.0 Å². The molecule has 0 aliphatic heterocycles. The molecule has 9 heteroatoms. The van der Waals surface area contributed by atoms with Crippen LogP contribution in [0.4, 0.5) is 5.69 Å². The summed E-state index contributed by atoms with van der Waals surface area (Å²) in [6, 6.07) is 22.0. The number of carbonyl (C=O) groups is 2. The topological polar surface area (TPSA) is 96.0 Å². The highest BCUT2D eigenvalue weighted by atomic mass is 32.2. The molecule has 0 bridgehead atoms. The SMILES string of the molecule is CC[C@@H](C(=O)NCC(C)C)N(CCc1ccccc1)C(=O)CN(c1cccc(OC)c1)S(=O)(=O)c1ccc(C)cc1. The average molecular weight is 580 g/mol. The summed E-state index contributed by atoms with van der Waals surface area (Å²) < 4.78 is 34.4. The number of hydrogen-bond donors (Lipinski definition) is 1. The summed E-state index contributed by atoms with van der Waals surface area (Å²) in [6.07, 6.45) is 0.902. The second-order valence-corrected chi connectivity index (χ2v) is 12.3. The molecule has 3 rings (SSSR count). The summed E-state index contributed by atoms with van der Waals surface area (Å²) in [7, 11) is -2.64. The van der Waals surface area contributed by atoms with Gasteiger partial charge in [0, 0.05) is 19.2 Å². The Morgan fingerprint density at radius 3 is 2.24 bits per heavy atom. The monoisotopic (exact) mass is 579 g/mol. The first-order chi connectivity index (χ1) is 19.6. The lowest BCUT2D eigenvalue weighted by Crippen LogP contribution is -2.53. The number of aryl methyl sites for hydroxylation is 1. The molecule has 0 radical (unpaired) electrons. The number of nitrogens with zero attached hydrogens (tertiary/aromatic N) is 2. The van der Waals surface area contributed by atoms with E-state index < -0.39 is 28.5 Å². The lowest BCUT2D eigenvalue weighted by Gasteiger charge is -2.33. The second kappa shape index (κ2) is 14.7.